The summed E-state index contributed by atoms with van der Waals surface area (Å²) in [5.74, 6) is 0. The maximum absolute atomic E-state index is 10.8. The molecule has 0 saturated heterocycles. The zero-order valence-electron chi connectivity index (χ0n) is 19.3. The van der Waals surface area contributed by atoms with Gasteiger partial charge >= 0.3 is 13.3 Å². The number of unbranched alkanes of at least 4 members (excludes halogenated alkanes) is 17. The van der Waals surface area contributed by atoms with E-state index >= 15 is 0 Å². The van der Waals surface area contributed by atoms with Crippen LogP contribution in [0.3, 0.4) is 0 Å². The van der Waals surface area contributed by atoms with Crippen LogP contribution in [-0.2, 0) is 14.0 Å². The van der Waals surface area contributed by atoms with Crippen molar-refractivity contribution in [2.24, 2.45) is 0 Å². The van der Waals surface area contributed by atoms with Gasteiger partial charge in [-0.05, 0) is 6.42 Å². The van der Waals surface area contributed by atoms with Gasteiger partial charge in [-0.15, -0.1) is 0 Å². The van der Waals surface area contributed by atoms with Crippen LogP contribution in [0.5, 0.6) is 0 Å². The van der Waals surface area contributed by atoms with Gasteiger partial charge in [0.05, 0.1) is 6.61 Å². The Morgan fingerprint density at radius 1 is 0.600 bits per heavy atom. The van der Waals surface area contributed by atoms with Crippen molar-refractivity contribution in [3.63, 3.8) is 0 Å². The van der Waals surface area contributed by atoms with Crippen LogP contribution in [0.1, 0.15) is 122 Å². The summed E-state index contributed by atoms with van der Waals surface area (Å²) in [4.78, 5) is 27.9. The van der Waals surface area contributed by atoms with E-state index in [2.05, 4.69) is 11.7 Å². The molecule has 0 aliphatic heterocycles. The average molecular weight is 451 g/mol. The molecule has 30 heavy (non-hydrogen) atoms. The minimum Gasteiger partial charge on any atom is -0.454 e. The molecule has 0 aliphatic rings. The summed E-state index contributed by atoms with van der Waals surface area (Å²) >= 11 is 0. The van der Waals surface area contributed by atoms with Crippen LogP contribution in [-0.4, -0.2) is 35.3 Å². The van der Waals surface area contributed by atoms with Crippen molar-refractivity contribution in [2.45, 2.75) is 122 Å². The Labute approximate surface area is 184 Å². The van der Waals surface area contributed by atoms with Crippen molar-refractivity contribution >= 4 is 13.3 Å². The Morgan fingerprint density at radius 3 is 1.33 bits per heavy atom. The van der Waals surface area contributed by atoms with E-state index in [-0.39, 0.29) is 13.2 Å². The molecule has 0 rings (SSSR count). The highest BCUT2D eigenvalue weighted by atomic mass is 31.2. The lowest BCUT2D eigenvalue weighted by Gasteiger charge is -2.07. The Kier molecular flexibility index (Phi) is 21.5. The van der Waals surface area contributed by atoms with Crippen molar-refractivity contribution in [1.29, 1.82) is 0 Å². The van der Waals surface area contributed by atoms with Crippen LogP contribution in [0.2, 0.25) is 0 Å². The molecule has 0 unspecified atom stereocenters. The number of carbonyl (C=O) groups excluding carboxylic acids is 1. The first-order valence-corrected chi connectivity index (χ1v) is 13.9. The monoisotopic (exact) mass is 450 g/mol. The number of carbonyl (C=O) groups is 1. The van der Waals surface area contributed by atoms with Gasteiger partial charge in [-0.3, -0.25) is 0 Å². The summed E-state index contributed by atoms with van der Waals surface area (Å²) in [5.41, 5.74) is -1.49. The summed E-state index contributed by atoms with van der Waals surface area (Å²) in [5, 5.41) is 0. The fourth-order valence-electron chi connectivity index (χ4n) is 3.48. The average Bonchev–Trinajstić information content (AvgIpc) is 2.71. The van der Waals surface area contributed by atoms with Gasteiger partial charge in [-0.2, -0.15) is 0 Å². The number of ether oxygens (including phenoxy) is 2. The third kappa shape index (κ3) is 22.3. The maximum atomic E-state index is 10.8. The molecule has 0 amide bonds. The number of hydrogen-bond acceptors (Lipinski definition) is 4. The Morgan fingerprint density at radius 2 is 0.967 bits per heavy atom. The van der Waals surface area contributed by atoms with Gasteiger partial charge in [-0.1, -0.05) is 116 Å². The largest absolute Gasteiger partial charge is 0.454 e. The van der Waals surface area contributed by atoms with Crippen molar-refractivity contribution in [3.8, 4) is 0 Å². The molecule has 0 bridgehead atoms. The summed E-state index contributed by atoms with van der Waals surface area (Å²) in [7, 11) is -4.77. The molecule has 180 valence electrons. The van der Waals surface area contributed by atoms with Crippen molar-refractivity contribution in [1.82, 2.24) is 0 Å². The van der Waals surface area contributed by atoms with Crippen LogP contribution in [0.4, 0.5) is 4.79 Å². The van der Waals surface area contributed by atoms with Crippen molar-refractivity contribution < 1.29 is 28.6 Å². The molecule has 6 nitrogen and oxygen atoms in total. The molecule has 0 atom stereocenters. The smallest absolute Gasteiger partial charge is 0.433 e. The summed E-state index contributed by atoms with van der Waals surface area (Å²) in [6, 6.07) is 0. The van der Waals surface area contributed by atoms with Gasteiger partial charge < -0.3 is 19.3 Å². The molecule has 0 aromatic carbocycles. The van der Waals surface area contributed by atoms with E-state index in [4.69, 9.17) is 14.5 Å². The SMILES string of the molecule is CCCCCCCCCCCCCCCCCCCCOCCOC(=O)P(=O)(O)O. The van der Waals surface area contributed by atoms with E-state index in [0.717, 1.165) is 12.8 Å². The molecule has 0 fully saturated rings. The molecule has 0 saturated carbocycles. The predicted molar refractivity (Wildman–Crippen MR) is 123 cm³/mol. The third-order valence-electron chi connectivity index (χ3n) is 5.33. The lowest BCUT2D eigenvalue weighted by Crippen LogP contribution is -2.10. The molecule has 0 radical (unpaired) electrons. The molecule has 0 heterocycles. The predicted octanol–water partition coefficient (Wildman–Crippen LogP) is 7.36. The fraction of sp³-hybridized carbons (Fsp3) is 0.957. The molecule has 0 aromatic rings. The van der Waals surface area contributed by atoms with Gasteiger partial charge in [0.25, 0.3) is 0 Å². The highest BCUT2D eigenvalue weighted by molar-refractivity contribution is 7.69. The lowest BCUT2D eigenvalue weighted by atomic mass is 10.0. The van der Waals surface area contributed by atoms with Crippen molar-refractivity contribution in [2.75, 3.05) is 19.8 Å². The van der Waals surface area contributed by atoms with Gasteiger partial charge in [-0.25, -0.2) is 9.36 Å². The number of hydrogen-bond donors (Lipinski definition) is 2. The highest BCUT2D eigenvalue weighted by Crippen LogP contribution is 2.36. The second kappa shape index (κ2) is 21.8. The summed E-state index contributed by atoms with van der Waals surface area (Å²) < 4.78 is 20.3. The van der Waals surface area contributed by atoms with Gasteiger partial charge in [0.15, 0.2) is 0 Å². The van der Waals surface area contributed by atoms with Crippen LogP contribution in [0.25, 0.3) is 0 Å². The van der Waals surface area contributed by atoms with E-state index in [9.17, 15) is 9.36 Å². The molecular weight excluding hydrogens is 403 g/mol. The van der Waals surface area contributed by atoms with Crippen LogP contribution >= 0.6 is 7.60 Å². The maximum Gasteiger partial charge on any atom is 0.433 e. The van der Waals surface area contributed by atoms with Crippen LogP contribution < -0.4 is 0 Å². The fourth-order valence-corrected chi connectivity index (χ4v) is 3.74. The molecule has 0 aliphatic carbocycles. The van der Waals surface area contributed by atoms with E-state index in [1.807, 2.05) is 0 Å². The summed E-state index contributed by atoms with van der Waals surface area (Å²) in [6.07, 6.45) is 24.1. The molecule has 0 aromatic heterocycles. The second-order valence-corrected chi connectivity index (χ2v) is 9.73. The minimum atomic E-state index is -4.77. The van der Waals surface area contributed by atoms with Gasteiger partial charge in [0.2, 0.25) is 0 Å². The highest BCUT2D eigenvalue weighted by Gasteiger charge is 2.27. The summed E-state index contributed by atoms with van der Waals surface area (Å²) in [6.45, 7) is 2.91. The Bertz CT molecular complexity index is 424. The minimum absolute atomic E-state index is 0.122. The van der Waals surface area contributed by atoms with E-state index in [0.29, 0.717) is 6.61 Å². The Hall–Kier alpha value is -0.420. The standard InChI is InChI=1S/C23H47O6P/c1-2-3-4-5-6-7-8-9-10-11-12-13-14-15-16-17-18-19-20-28-21-22-29-23(24)30(25,26)27/h2-22H2,1H3,(H2,25,26,27). The van der Waals surface area contributed by atoms with E-state index in [1.54, 1.807) is 0 Å². The zero-order valence-corrected chi connectivity index (χ0v) is 20.2. The first-order valence-electron chi connectivity index (χ1n) is 12.3. The van der Waals surface area contributed by atoms with Crippen LogP contribution in [0.15, 0.2) is 0 Å². The first kappa shape index (κ1) is 29.6. The zero-order chi connectivity index (χ0) is 22.3. The quantitative estimate of drug-likeness (QED) is 0.125. The van der Waals surface area contributed by atoms with Gasteiger partial charge in [0, 0.05) is 6.61 Å². The van der Waals surface area contributed by atoms with Crippen LogP contribution in [0, 0.1) is 0 Å². The topological polar surface area (TPSA) is 93.1 Å². The molecule has 2 N–H and O–H groups in total. The molecule has 0 spiro atoms. The first-order chi connectivity index (χ1) is 14.5. The van der Waals surface area contributed by atoms with E-state index < -0.39 is 13.3 Å². The lowest BCUT2D eigenvalue weighted by molar-refractivity contribution is 0.0777. The van der Waals surface area contributed by atoms with Gasteiger partial charge in [0.1, 0.15) is 6.61 Å². The van der Waals surface area contributed by atoms with E-state index in [1.165, 1.54) is 103 Å². The Balaban J connectivity index is 3.10. The number of rotatable bonds is 23. The molecular formula is C23H47O6P. The second-order valence-electron chi connectivity index (χ2n) is 8.28. The molecule has 7 heteroatoms. The third-order valence-corrected chi connectivity index (χ3v) is 5.94. The normalized spacial score (nSPS) is 11.7. The van der Waals surface area contributed by atoms with Crippen molar-refractivity contribution in [3.05, 3.63) is 0 Å².